The molecule has 2 heterocycles. The first kappa shape index (κ1) is 17.8. The van der Waals surface area contributed by atoms with Crippen molar-refractivity contribution in [1.29, 1.82) is 0 Å². The van der Waals surface area contributed by atoms with Crippen molar-refractivity contribution in [3.8, 4) is 11.1 Å². The maximum Gasteiger partial charge on any atom is 0.165 e. The summed E-state index contributed by atoms with van der Waals surface area (Å²) < 4.78 is 0. The third kappa shape index (κ3) is 3.24. The number of carbonyl (C=O) groups excluding carboxylic acids is 1. The van der Waals surface area contributed by atoms with E-state index in [9.17, 15) is 4.79 Å². The topological polar surface area (TPSA) is 79.8 Å². The molecule has 0 atom stereocenters. The molecule has 0 aliphatic heterocycles. The Morgan fingerprint density at radius 3 is 2.55 bits per heavy atom. The lowest BCUT2D eigenvalue weighted by Crippen LogP contribution is -2.02. The molecule has 1 aromatic carbocycles. The molecule has 0 radical (unpaired) electrons. The summed E-state index contributed by atoms with van der Waals surface area (Å²) in [7, 11) is 1.86. The largest absolute Gasteiger partial charge is 0.388 e. The highest BCUT2D eigenvalue weighted by atomic mass is 16.1. The van der Waals surface area contributed by atoms with Crippen molar-refractivity contribution in [3.63, 3.8) is 0 Å². The number of ketones is 1. The van der Waals surface area contributed by atoms with Crippen molar-refractivity contribution >= 4 is 23.1 Å². The molecule has 0 saturated heterocycles. The van der Waals surface area contributed by atoms with Gasteiger partial charge in [-0.1, -0.05) is 6.07 Å². The van der Waals surface area contributed by atoms with Crippen molar-refractivity contribution in [2.75, 3.05) is 17.7 Å². The zero-order valence-electron chi connectivity index (χ0n) is 16.6. The van der Waals surface area contributed by atoms with E-state index in [0.717, 1.165) is 51.4 Å². The van der Waals surface area contributed by atoms with E-state index >= 15 is 0 Å². The summed E-state index contributed by atoms with van der Waals surface area (Å²) in [5.74, 6) is 2.24. The number of hydrogen-bond acceptors (Lipinski definition) is 6. The zero-order valence-corrected chi connectivity index (χ0v) is 16.6. The predicted octanol–water partition coefficient (Wildman–Crippen LogP) is 4.64. The number of hydrogen-bond donors (Lipinski definition) is 2. The van der Waals surface area contributed by atoms with Gasteiger partial charge in [0.05, 0.1) is 5.69 Å². The summed E-state index contributed by atoms with van der Waals surface area (Å²) in [6.45, 7) is 2.07. The lowest BCUT2D eigenvalue weighted by Gasteiger charge is -2.15. The zero-order chi connectivity index (χ0) is 20.0. The number of fused-ring (bicyclic) bond motifs is 1. The van der Waals surface area contributed by atoms with Gasteiger partial charge < -0.3 is 10.6 Å². The number of benzene rings is 1. The molecule has 6 nitrogen and oxygen atoms in total. The number of aryl methyl sites for hydroxylation is 1. The first-order valence-electron chi connectivity index (χ1n) is 10.1. The maximum absolute atomic E-state index is 12.4. The first-order valence-corrected chi connectivity index (χ1v) is 10.1. The lowest BCUT2D eigenvalue weighted by molar-refractivity contribution is 0.0995. The molecule has 2 aliphatic rings. The van der Waals surface area contributed by atoms with Crippen molar-refractivity contribution < 1.29 is 4.79 Å². The van der Waals surface area contributed by atoms with E-state index in [1.807, 2.05) is 37.5 Å². The minimum Gasteiger partial charge on any atom is -0.388 e. The minimum atomic E-state index is 0.211. The number of pyridine rings is 1. The number of rotatable bonds is 5. The normalized spacial score (nSPS) is 15.3. The molecule has 2 aliphatic carbocycles. The number of aromatic nitrogens is 3. The Hall–Kier alpha value is -3.28. The summed E-state index contributed by atoms with van der Waals surface area (Å²) in [5, 5.41) is 15.0. The second-order valence-corrected chi connectivity index (χ2v) is 7.81. The second kappa shape index (κ2) is 6.95. The van der Waals surface area contributed by atoms with Gasteiger partial charge in [0.15, 0.2) is 11.6 Å². The minimum absolute atomic E-state index is 0.211. The smallest absolute Gasteiger partial charge is 0.165 e. The van der Waals surface area contributed by atoms with Crippen molar-refractivity contribution in [2.24, 2.45) is 0 Å². The molecule has 3 aromatic rings. The highest BCUT2D eigenvalue weighted by molar-refractivity contribution is 6.07. The van der Waals surface area contributed by atoms with Gasteiger partial charge in [-0.15, -0.1) is 5.10 Å². The Morgan fingerprint density at radius 2 is 1.86 bits per heavy atom. The van der Waals surface area contributed by atoms with Crippen LogP contribution < -0.4 is 10.6 Å². The highest BCUT2D eigenvalue weighted by Gasteiger charge is 2.27. The molecule has 0 amide bonds. The van der Waals surface area contributed by atoms with Gasteiger partial charge in [0.2, 0.25) is 0 Å². The maximum atomic E-state index is 12.4. The predicted molar refractivity (Wildman–Crippen MR) is 114 cm³/mol. The first-order chi connectivity index (χ1) is 14.1. The molecule has 0 bridgehead atoms. The third-order valence-corrected chi connectivity index (χ3v) is 5.80. The molecule has 0 unspecified atom stereocenters. The Kier molecular flexibility index (Phi) is 4.27. The fourth-order valence-corrected chi connectivity index (χ4v) is 4.09. The molecule has 2 aromatic heterocycles. The van der Waals surface area contributed by atoms with Crippen LogP contribution in [0.15, 0.2) is 36.5 Å². The van der Waals surface area contributed by atoms with Crippen LogP contribution in [0.5, 0.6) is 0 Å². The molecule has 29 heavy (non-hydrogen) atoms. The average molecular weight is 385 g/mol. The van der Waals surface area contributed by atoms with E-state index in [2.05, 4.69) is 38.8 Å². The van der Waals surface area contributed by atoms with Gasteiger partial charge in [0, 0.05) is 42.4 Å². The van der Waals surface area contributed by atoms with Gasteiger partial charge in [0.25, 0.3) is 0 Å². The van der Waals surface area contributed by atoms with Gasteiger partial charge in [-0.05, 0) is 67.1 Å². The quantitative estimate of drug-likeness (QED) is 0.666. The van der Waals surface area contributed by atoms with Crippen LogP contribution in [0.2, 0.25) is 0 Å². The standard InChI is InChI=1S/C23H23N5O/c1-13-11-22(26-21-10-8-18(27-28-21)14-3-4-14)25-12-17(13)15-5-7-19(24-2)23-16(15)6-9-20(23)29/h5,7-8,10-12,14,24H,3-4,6,9H2,1-2H3,(H,25,26,28). The number of nitrogens with one attached hydrogen (secondary N) is 2. The van der Waals surface area contributed by atoms with Gasteiger partial charge in [-0.25, -0.2) is 4.98 Å². The van der Waals surface area contributed by atoms with Crippen molar-refractivity contribution in [2.45, 2.75) is 38.5 Å². The Morgan fingerprint density at radius 1 is 1.00 bits per heavy atom. The van der Waals surface area contributed by atoms with Crippen LogP contribution in [0.1, 0.15) is 52.4 Å². The van der Waals surface area contributed by atoms with Crippen LogP contribution in [0, 0.1) is 6.92 Å². The summed E-state index contributed by atoms with van der Waals surface area (Å²) in [6, 6.07) is 10.1. The Balaban J connectivity index is 1.44. The van der Waals surface area contributed by atoms with Gasteiger partial charge in [0.1, 0.15) is 5.82 Å². The van der Waals surface area contributed by atoms with Crippen LogP contribution >= 0.6 is 0 Å². The van der Waals surface area contributed by atoms with Crippen molar-refractivity contribution in [3.05, 3.63) is 58.9 Å². The number of nitrogens with zero attached hydrogens (tertiary/aromatic N) is 3. The number of carbonyl (C=O) groups is 1. The van der Waals surface area contributed by atoms with E-state index in [4.69, 9.17) is 0 Å². The molecule has 5 rings (SSSR count). The van der Waals surface area contributed by atoms with E-state index in [0.29, 0.717) is 18.2 Å². The molecule has 1 saturated carbocycles. The Labute approximate surface area is 169 Å². The molecule has 6 heteroatoms. The number of anilines is 3. The molecule has 2 N–H and O–H groups in total. The van der Waals surface area contributed by atoms with Gasteiger partial charge >= 0.3 is 0 Å². The summed E-state index contributed by atoms with van der Waals surface area (Å²) in [5.41, 5.74) is 7.18. The summed E-state index contributed by atoms with van der Waals surface area (Å²) in [6.07, 6.45) is 5.66. The SMILES string of the molecule is CNc1ccc(-c2cnc(Nc3ccc(C4CC4)nn3)cc2C)c2c1C(=O)CC2. The summed E-state index contributed by atoms with van der Waals surface area (Å²) >= 11 is 0. The fourth-order valence-electron chi connectivity index (χ4n) is 4.09. The second-order valence-electron chi connectivity index (χ2n) is 7.81. The summed E-state index contributed by atoms with van der Waals surface area (Å²) in [4.78, 5) is 17.0. The van der Waals surface area contributed by atoms with Crippen molar-refractivity contribution in [1.82, 2.24) is 15.2 Å². The molecular formula is C23H23N5O. The van der Waals surface area contributed by atoms with E-state index in [1.54, 1.807) is 0 Å². The van der Waals surface area contributed by atoms with Crippen LogP contribution in [0.4, 0.5) is 17.3 Å². The van der Waals surface area contributed by atoms with Crippen LogP contribution in [0.25, 0.3) is 11.1 Å². The van der Waals surface area contributed by atoms with Gasteiger partial charge in [-0.3, -0.25) is 4.79 Å². The molecule has 1 fully saturated rings. The highest BCUT2D eigenvalue weighted by Crippen LogP contribution is 2.39. The molecule has 146 valence electrons. The monoisotopic (exact) mass is 385 g/mol. The van der Waals surface area contributed by atoms with E-state index in [-0.39, 0.29) is 5.78 Å². The molecular weight excluding hydrogens is 362 g/mol. The Bertz CT molecular complexity index is 1100. The lowest BCUT2D eigenvalue weighted by atomic mass is 9.94. The molecule has 0 spiro atoms. The van der Waals surface area contributed by atoms with Gasteiger partial charge in [-0.2, -0.15) is 5.10 Å². The number of Topliss-reactive ketones (excluding diaryl/α,β-unsaturated/α-hetero) is 1. The third-order valence-electron chi connectivity index (χ3n) is 5.80. The fraction of sp³-hybridized carbons (Fsp3) is 0.304. The van der Waals surface area contributed by atoms with E-state index < -0.39 is 0 Å². The van der Waals surface area contributed by atoms with E-state index in [1.165, 1.54) is 12.8 Å². The van der Waals surface area contributed by atoms with Crippen LogP contribution in [-0.4, -0.2) is 28.0 Å². The average Bonchev–Trinajstić information content (AvgIpc) is 3.51. The van der Waals surface area contributed by atoms with Crippen LogP contribution in [-0.2, 0) is 6.42 Å². The van der Waals surface area contributed by atoms with Crippen LogP contribution in [0.3, 0.4) is 0 Å².